The van der Waals surface area contributed by atoms with Crippen molar-refractivity contribution < 1.29 is 100 Å². The van der Waals surface area contributed by atoms with E-state index in [-0.39, 0.29) is 68.3 Å². The van der Waals surface area contributed by atoms with Crippen molar-refractivity contribution in [2.24, 2.45) is 0 Å². The topological polar surface area (TPSA) is 223 Å². The number of rotatable bonds is 25. The van der Waals surface area contributed by atoms with Crippen molar-refractivity contribution in [3.63, 3.8) is 0 Å². The van der Waals surface area contributed by atoms with E-state index in [1.807, 2.05) is 48.5 Å². The highest BCUT2D eigenvalue weighted by Crippen LogP contribution is 2.55. The summed E-state index contributed by atoms with van der Waals surface area (Å²) in [5.41, 5.74) is 3.75. The summed E-state index contributed by atoms with van der Waals surface area (Å²) in [5, 5.41) is -13.5. The molecular weight excluding hydrogens is 1680 g/mol. The fraction of sp³-hybridized carbons (Fsp3) is 0.473. The summed E-state index contributed by atoms with van der Waals surface area (Å²) in [6.07, 6.45) is 26.5. The minimum absolute atomic E-state index is 0.0146. The van der Waals surface area contributed by atoms with Crippen LogP contribution in [0.3, 0.4) is 0 Å². The lowest BCUT2D eigenvalue weighted by Gasteiger charge is -2.33. The van der Waals surface area contributed by atoms with Crippen LogP contribution in [-0.4, -0.2) is 85.1 Å². The van der Waals surface area contributed by atoms with E-state index >= 15 is 0 Å². The molecule has 0 aliphatic heterocycles. The lowest BCUT2D eigenvalue weighted by atomic mass is 9.75. The number of benzene rings is 8. The predicted molar refractivity (Wildman–Crippen MR) is 452 cm³/mol. The summed E-state index contributed by atoms with van der Waals surface area (Å²) in [6.45, 7) is 0. The van der Waals surface area contributed by atoms with Crippen molar-refractivity contribution in [3.8, 4) is 28.7 Å². The monoisotopic (exact) mass is 1780 g/mol. The van der Waals surface area contributed by atoms with Crippen LogP contribution in [0.2, 0.25) is 0 Å². The van der Waals surface area contributed by atoms with Gasteiger partial charge in [-0.05, 0) is 219 Å². The fourth-order valence-electron chi connectivity index (χ4n) is 17.4. The molecule has 15 nitrogen and oxygen atoms in total. The fourth-order valence-corrected chi connectivity index (χ4v) is 24.8. The average Bonchev–Trinajstić information content (AvgIpc) is 0.719. The van der Waals surface area contributed by atoms with E-state index in [4.69, 9.17) is 31.7 Å². The molecule has 0 atom stereocenters. The van der Waals surface area contributed by atoms with Gasteiger partial charge in [0.15, 0.2) is 29.4 Å². The van der Waals surface area contributed by atoms with Crippen LogP contribution in [-0.2, 0) is 62.3 Å². The molecule has 2 N–H and O–H groups in total. The second-order valence-electron chi connectivity index (χ2n) is 31.8. The number of hydrogen-bond acceptors (Lipinski definition) is 13. The molecular formula is C91H108F8O15S6+2. The quantitative estimate of drug-likeness (QED) is 0.0235. The first kappa shape index (κ1) is 93.3. The molecule has 14 rings (SSSR count). The third kappa shape index (κ3) is 22.2. The standard InChI is InChI=1S/C27H36F6O6S2.C25H36F2O6S2.C21H21O3S.C18H15S/c28-25(29,26(30,31)40(34,35)36)27(32,33)41(37,38)39-24-22(19-12-6-2-7-13-19)16-21(18-10-4-1-5-11-18)17-23(24)20-14-8-3-9-15-20;26-25(27,34(28,29)30)35(31,32)33-24-22(19-12-6-2-7-13-19)16-21(18-10-4-1-5-11-18)17-23(24)20-14-8-3-9-15-20;1-22-16-7-4-10-19(13-16)25(20-11-5-8-17(14-20)23-2)21-12-6-9-18(15-21)24-3;1-4-10-16(11-5-1)19(17-12-6-2-7-13-17)18-14-8-3-9-15-18/h16-20H,1-15H2,(H,34,35,36);16-20H,1-15H2,(H,28,29,30);4-15H,1-3H3;1-15H/q;;2*+1. The Morgan fingerprint density at radius 3 is 0.783 bits per heavy atom. The molecule has 652 valence electrons. The Hall–Kier alpha value is -7.38. The number of ether oxygens (including phenoxy) is 3. The average molecular weight is 1790 g/mol. The number of halogens is 8. The first-order valence-corrected chi connectivity index (χ1v) is 49.6. The van der Waals surface area contributed by atoms with Crippen molar-refractivity contribution in [1.82, 2.24) is 0 Å². The third-order valence-corrected chi connectivity index (χ3v) is 33.2. The maximum atomic E-state index is 14.9. The number of methoxy groups -OCH3 is 3. The summed E-state index contributed by atoms with van der Waals surface area (Å²) < 4.78 is 249. The van der Waals surface area contributed by atoms with Gasteiger partial charge in [-0.1, -0.05) is 213 Å². The van der Waals surface area contributed by atoms with Gasteiger partial charge in [-0.15, -0.1) is 0 Å². The molecule has 0 heterocycles. The van der Waals surface area contributed by atoms with Crippen molar-refractivity contribution in [1.29, 1.82) is 0 Å². The Balaban J connectivity index is 0.000000162. The summed E-state index contributed by atoms with van der Waals surface area (Å²) in [6, 6.07) is 64.0. The van der Waals surface area contributed by atoms with Gasteiger partial charge in [-0.25, -0.2) is 0 Å². The van der Waals surface area contributed by atoms with E-state index in [0.29, 0.717) is 42.7 Å². The lowest BCUT2D eigenvalue weighted by Crippen LogP contribution is -2.61. The van der Waals surface area contributed by atoms with Crippen LogP contribution in [0.1, 0.15) is 262 Å². The van der Waals surface area contributed by atoms with E-state index in [1.165, 1.54) is 35.8 Å². The number of hydrogen-bond donors (Lipinski definition) is 2. The second kappa shape index (κ2) is 41.4. The predicted octanol–water partition coefficient (Wildman–Crippen LogP) is 24.8. The maximum Gasteiger partial charge on any atom is 0.506 e. The van der Waals surface area contributed by atoms with Crippen LogP contribution in [0.5, 0.6) is 28.7 Å². The highest BCUT2D eigenvalue weighted by molar-refractivity contribution is 8.05. The van der Waals surface area contributed by atoms with E-state index in [0.717, 1.165) is 189 Å². The molecule has 29 heteroatoms. The highest BCUT2D eigenvalue weighted by atomic mass is 32.3. The van der Waals surface area contributed by atoms with Gasteiger partial charge in [0.1, 0.15) is 28.7 Å². The summed E-state index contributed by atoms with van der Waals surface area (Å²) in [5.74, 6) is -5.45. The normalized spacial score (nSPS) is 17.8. The van der Waals surface area contributed by atoms with E-state index in [9.17, 15) is 68.8 Å². The molecule has 8 aromatic carbocycles. The lowest BCUT2D eigenvalue weighted by molar-refractivity contribution is -0.247. The van der Waals surface area contributed by atoms with Crippen molar-refractivity contribution >= 4 is 62.3 Å². The molecule has 0 spiro atoms. The Kier molecular flexibility index (Phi) is 32.2. The Bertz CT molecular complexity index is 4850. The maximum absolute atomic E-state index is 14.9. The minimum Gasteiger partial charge on any atom is -0.497 e. The molecule has 120 heavy (non-hydrogen) atoms. The van der Waals surface area contributed by atoms with Gasteiger partial charge >= 0.3 is 61.5 Å². The molecule has 8 aromatic rings. The Morgan fingerprint density at radius 2 is 0.533 bits per heavy atom. The number of alkyl halides is 8. The molecule has 0 saturated heterocycles. The van der Waals surface area contributed by atoms with Crippen LogP contribution in [0, 0.1) is 0 Å². The van der Waals surface area contributed by atoms with Gasteiger partial charge in [-0.2, -0.15) is 68.8 Å². The first-order chi connectivity index (χ1) is 57.2. The van der Waals surface area contributed by atoms with Gasteiger partial charge in [-0.3, -0.25) is 9.11 Å². The first-order valence-electron chi connectivity index (χ1n) is 41.5. The zero-order chi connectivity index (χ0) is 86.1. The zero-order valence-corrected chi connectivity index (χ0v) is 72.6. The van der Waals surface area contributed by atoms with Crippen molar-refractivity contribution in [2.45, 2.75) is 279 Å². The largest absolute Gasteiger partial charge is 0.506 e. The molecule has 0 amide bonds. The Labute approximate surface area is 708 Å². The van der Waals surface area contributed by atoms with Gasteiger partial charge in [0.2, 0.25) is 0 Å². The SMILES string of the molecule is COc1cccc([S+](c2cccc(OC)c2)c2cccc(OC)c2)c1.O=S(=O)(O)C(F)(F)C(F)(F)C(F)(F)S(=O)(=O)Oc1c(C2CCCCC2)cc(C2CCCCC2)cc1C1CCCCC1.O=S(=O)(O)C(F)(F)S(=O)(=O)Oc1c(C2CCCCC2)cc(C2CCCCC2)cc1C1CCCCC1.c1ccc([S+](c2ccccc2)c2ccccc2)cc1. The molecule has 6 aliphatic carbocycles. The van der Waals surface area contributed by atoms with E-state index in [2.05, 4.69) is 127 Å². The van der Waals surface area contributed by atoms with E-state index in [1.54, 1.807) is 33.5 Å². The molecule has 6 saturated carbocycles. The zero-order valence-electron chi connectivity index (χ0n) is 67.8. The molecule has 0 radical (unpaired) electrons. The summed E-state index contributed by atoms with van der Waals surface area (Å²) in [7, 11) is -21.5. The Morgan fingerprint density at radius 1 is 0.292 bits per heavy atom. The minimum atomic E-state index is -7.13. The molecule has 0 bridgehead atoms. The molecule has 0 unspecified atom stereocenters. The van der Waals surface area contributed by atoms with Gasteiger partial charge in [0, 0.05) is 18.2 Å². The second-order valence-corrected chi connectivity index (χ2v) is 42.2. The van der Waals surface area contributed by atoms with Gasteiger partial charge in [0.05, 0.1) is 43.1 Å². The van der Waals surface area contributed by atoms with Crippen LogP contribution < -0.4 is 22.6 Å². The summed E-state index contributed by atoms with van der Waals surface area (Å²) >= 11 is 0. The van der Waals surface area contributed by atoms with Crippen LogP contribution >= 0.6 is 0 Å². The van der Waals surface area contributed by atoms with E-state index < -0.39 is 67.2 Å². The molecule has 6 fully saturated rings. The van der Waals surface area contributed by atoms with Crippen LogP contribution in [0.15, 0.2) is 217 Å². The molecule has 0 aromatic heterocycles. The van der Waals surface area contributed by atoms with Crippen LogP contribution in [0.25, 0.3) is 0 Å². The van der Waals surface area contributed by atoms with Crippen molar-refractivity contribution in [3.05, 3.63) is 221 Å². The smallest absolute Gasteiger partial charge is 0.497 e. The van der Waals surface area contributed by atoms with Crippen LogP contribution in [0.4, 0.5) is 35.1 Å². The third-order valence-electron chi connectivity index (χ3n) is 23.8. The molecule has 6 aliphatic rings. The highest BCUT2D eigenvalue weighted by Gasteiger charge is 2.83. The van der Waals surface area contributed by atoms with Gasteiger partial charge in [0.25, 0.3) is 0 Å². The summed E-state index contributed by atoms with van der Waals surface area (Å²) in [4.78, 5) is 7.63. The van der Waals surface area contributed by atoms with Gasteiger partial charge < -0.3 is 22.6 Å². The van der Waals surface area contributed by atoms with Crippen molar-refractivity contribution in [2.75, 3.05) is 21.3 Å².